The molecule has 1 fully saturated rings. The largest absolute Gasteiger partial charge is 0.481 e. The number of carboxylic acids is 2. The van der Waals surface area contributed by atoms with E-state index in [-0.39, 0.29) is 19.3 Å². The average Bonchev–Trinajstić information content (AvgIpc) is 3.14. The molecule has 0 aromatic heterocycles. The lowest BCUT2D eigenvalue weighted by molar-refractivity contribution is -0.142. The average molecular weight is 426 g/mol. The van der Waals surface area contributed by atoms with Gasteiger partial charge in [0, 0.05) is 24.8 Å². The van der Waals surface area contributed by atoms with Gasteiger partial charge in [-0.2, -0.15) is 0 Å². The summed E-state index contributed by atoms with van der Waals surface area (Å²) in [5.41, 5.74) is 0.492. The van der Waals surface area contributed by atoms with Gasteiger partial charge in [-0.15, -0.1) is 23.2 Å². The number of unbranched alkanes of at least 4 members (excludes halogenated alkanes) is 1. The Labute approximate surface area is 173 Å². The lowest BCUT2D eigenvalue weighted by Gasteiger charge is -2.18. The number of alkyl halides is 2. The second-order valence-electron chi connectivity index (χ2n) is 7.03. The van der Waals surface area contributed by atoms with Gasteiger partial charge < -0.3 is 15.5 Å². The number of carboxylic acid groups (broad SMARTS) is 2. The minimum atomic E-state index is -1.16. The van der Waals surface area contributed by atoms with Crippen LogP contribution in [0.5, 0.6) is 0 Å². The Balaban J connectivity index is 1.93. The first kappa shape index (κ1) is 22.1. The van der Waals surface area contributed by atoms with Gasteiger partial charge in [-0.3, -0.25) is 9.59 Å². The summed E-state index contributed by atoms with van der Waals surface area (Å²) in [5.74, 6) is 3.37. The molecule has 2 atom stereocenters. The molecule has 0 radical (unpaired) electrons. The first-order valence-electron chi connectivity index (χ1n) is 8.76. The van der Waals surface area contributed by atoms with Crippen molar-refractivity contribution in [3.05, 3.63) is 35.4 Å². The van der Waals surface area contributed by atoms with Gasteiger partial charge in [-0.25, -0.2) is 4.79 Å². The minimum absolute atomic E-state index is 0.0868. The summed E-state index contributed by atoms with van der Waals surface area (Å²) in [7, 11) is 0. The molecule has 1 aromatic rings. The number of carbonyl (C=O) groups is 3. The highest BCUT2D eigenvalue weighted by Crippen LogP contribution is 2.63. The van der Waals surface area contributed by atoms with Gasteiger partial charge in [0.05, 0.1) is 5.41 Å². The maximum Gasteiger partial charge on any atom is 0.326 e. The second-order valence-corrected chi connectivity index (χ2v) is 8.51. The van der Waals surface area contributed by atoms with Crippen molar-refractivity contribution in [2.24, 2.45) is 5.41 Å². The summed E-state index contributed by atoms with van der Waals surface area (Å²) in [6.45, 7) is 1.60. The molecule has 0 saturated heterocycles. The number of halogens is 2. The normalized spacial score (nSPS) is 20.4. The zero-order chi connectivity index (χ0) is 20.9. The highest BCUT2D eigenvalue weighted by molar-refractivity contribution is 6.53. The van der Waals surface area contributed by atoms with E-state index in [0.29, 0.717) is 12.8 Å². The highest BCUT2D eigenvalue weighted by Gasteiger charge is 2.68. The van der Waals surface area contributed by atoms with E-state index in [0.717, 1.165) is 11.1 Å². The van der Waals surface area contributed by atoms with Crippen molar-refractivity contribution < 1.29 is 24.6 Å². The Bertz CT molecular complexity index is 825. The fraction of sp³-hybridized carbons (Fsp3) is 0.450. The van der Waals surface area contributed by atoms with E-state index in [1.807, 2.05) is 0 Å². The molecule has 3 N–H and O–H groups in total. The minimum Gasteiger partial charge on any atom is -0.481 e. The molecule has 1 aliphatic carbocycles. The van der Waals surface area contributed by atoms with Crippen molar-refractivity contribution in [3.63, 3.8) is 0 Å². The van der Waals surface area contributed by atoms with Gasteiger partial charge >= 0.3 is 11.9 Å². The quantitative estimate of drug-likeness (QED) is 0.337. The molecule has 0 aliphatic heterocycles. The number of hydrogen-bond acceptors (Lipinski definition) is 3. The Morgan fingerprint density at radius 2 is 1.82 bits per heavy atom. The SMILES string of the molecule is CC1(C(=O)N[C@@H](Cc2ccc(C#CCCCC(=O)O)cc2)C(=O)O)CC1(Cl)Cl. The lowest BCUT2D eigenvalue weighted by Crippen LogP contribution is -2.46. The van der Waals surface area contributed by atoms with Gasteiger partial charge in [-0.05, 0) is 37.5 Å². The molecular formula is C20H21Cl2NO5. The highest BCUT2D eigenvalue weighted by atomic mass is 35.5. The van der Waals surface area contributed by atoms with Crippen LogP contribution in [0.25, 0.3) is 0 Å². The molecule has 1 aromatic carbocycles. The van der Waals surface area contributed by atoms with Gasteiger partial charge in [0.2, 0.25) is 5.91 Å². The molecule has 1 aliphatic rings. The maximum atomic E-state index is 12.3. The fourth-order valence-corrected chi connectivity index (χ4v) is 3.32. The van der Waals surface area contributed by atoms with Crippen LogP contribution in [0, 0.1) is 17.3 Å². The van der Waals surface area contributed by atoms with Crippen molar-refractivity contribution in [1.29, 1.82) is 0 Å². The molecule has 1 unspecified atom stereocenters. The summed E-state index contributed by atoms with van der Waals surface area (Å²) in [5, 5.41) is 20.5. The molecule has 0 spiro atoms. The third-order valence-electron chi connectivity index (χ3n) is 4.68. The van der Waals surface area contributed by atoms with Crippen molar-refractivity contribution in [2.75, 3.05) is 0 Å². The van der Waals surface area contributed by atoms with Crippen LogP contribution in [0.15, 0.2) is 24.3 Å². The van der Waals surface area contributed by atoms with Crippen LogP contribution in [0.1, 0.15) is 43.7 Å². The first-order chi connectivity index (χ1) is 13.0. The van der Waals surface area contributed by atoms with Crippen molar-refractivity contribution in [3.8, 4) is 11.8 Å². The molecule has 150 valence electrons. The smallest absolute Gasteiger partial charge is 0.326 e. The predicted molar refractivity (Wildman–Crippen MR) is 105 cm³/mol. The number of benzene rings is 1. The van der Waals surface area contributed by atoms with Gasteiger partial charge in [0.1, 0.15) is 10.4 Å². The third kappa shape index (κ3) is 5.63. The third-order valence-corrected chi connectivity index (χ3v) is 5.78. The van der Waals surface area contributed by atoms with Gasteiger partial charge in [0.15, 0.2) is 0 Å². The number of carbonyl (C=O) groups excluding carboxylic acids is 1. The molecule has 28 heavy (non-hydrogen) atoms. The maximum absolute atomic E-state index is 12.3. The van der Waals surface area contributed by atoms with E-state index in [2.05, 4.69) is 17.2 Å². The number of amides is 1. The Hall–Kier alpha value is -2.23. The number of hydrogen-bond donors (Lipinski definition) is 3. The molecule has 0 heterocycles. The fourth-order valence-electron chi connectivity index (χ4n) is 2.62. The summed E-state index contributed by atoms with van der Waals surface area (Å²) < 4.78 is -1.16. The summed E-state index contributed by atoms with van der Waals surface area (Å²) in [4.78, 5) is 34.3. The molecule has 1 saturated carbocycles. The van der Waals surface area contributed by atoms with Crippen molar-refractivity contribution >= 4 is 41.0 Å². The van der Waals surface area contributed by atoms with E-state index in [9.17, 15) is 19.5 Å². The van der Waals surface area contributed by atoms with Crippen LogP contribution in [0.3, 0.4) is 0 Å². The molecular weight excluding hydrogens is 405 g/mol. The zero-order valence-electron chi connectivity index (χ0n) is 15.3. The number of nitrogens with one attached hydrogen (secondary N) is 1. The number of aliphatic carboxylic acids is 2. The van der Waals surface area contributed by atoms with Gasteiger partial charge in [0.25, 0.3) is 0 Å². The topological polar surface area (TPSA) is 104 Å². The van der Waals surface area contributed by atoms with Crippen LogP contribution in [0.4, 0.5) is 0 Å². The van der Waals surface area contributed by atoms with E-state index < -0.39 is 33.6 Å². The predicted octanol–water partition coefficient (Wildman–Crippen LogP) is 2.99. The summed E-state index contributed by atoms with van der Waals surface area (Å²) >= 11 is 12.0. The number of rotatable bonds is 8. The Morgan fingerprint density at radius 1 is 1.21 bits per heavy atom. The van der Waals surface area contributed by atoms with Crippen molar-refractivity contribution in [1.82, 2.24) is 5.32 Å². The van der Waals surface area contributed by atoms with E-state index in [4.69, 9.17) is 28.3 Å². The lowest BCUT2D eigenvalue weighted by atomic mass is 10.0. The standard InChI is InChI=1S/C20H21Cl2NO5/c1-19(12-20(19,21)22)18(28)23-15(17(26)27)11-14-9-7-13(8-10-14)5-3-2-4-6-16(24)25/h7-10,15H,2,4,6,11-12H2,1H3,(H,23,28)(H,24,25)(H,26,27)/t15-,19?/m0/s1. The molecule has 2 rings (SSSR count). The van der Waals surface area contributed by atoms with Crippen molar-refractivity contribution in [2.45, 2.75) is 49.4 Å². The van der Waals surface area contributed by atoms with E-state index in [1.54, 1.807) is 31.2 Å². The van der Waals surface area contributed by atoms with Crippen LogP contribution in [-0.4, -0.2) is 38.4 Å². The van der Waals surface area contributed by atoms with Crippen LogP contribution >= 0.6 is 23.2 Å². The Morgan fingerprint density at radius 3 is 2.32 bits per heavy atom. The zero-order valence-corrected chi connectivity index (χ0v) is 16.8. The first-order valence-corrected chi connectivity index (χ1v) is 9.52. The molecule has 1 amide bonds. The van der Waals surface area contributed by atoms with Crippen LogP contribution < -0.4 is 5.32 Å². The van der Waals surface area contributed by atoms with Gasteiger partial charge in [-0.1, -0.05) is 24.0 Å². The van der Waals surface area contributed by atoms with E-state index >= 15 is 0 Å². The monoisotopic (exact) mass is 425 g/mol. The summed E-state index contributed by atoms with van der Waals surface area (Å²) in [6, 6.07) is 5.91. The molecule has 6 nitrogen and oxygen atoms in total. The second kappa shape index (κ2) is 8.85. The molecule has 8 heteroatoms. The van der Waals surface area contributed by atoms with Crippen LogP contribution in [-0.2, 0) is 20.8 Å². The Kier molecular flexibility index (Phi) is 6.97. The molecule has 0 bridgehead atoms. The van der Waals surface area contributed by atoms with Crippen LogP contribution in [0.2, 0.25) is 0 Å². The van der Waals surface area contributed by atoms with E-state index in [1.165, 1.54) is 0 Å². The summed E-state index contributed by atoms with van der Waals surface area (Å²) in [6.07, 6.45) is 1.46.